The lowest BCUT2D eigenvalue weighted by Gasteiger charge is -2.27. The molecule has 0 bridgehead atoms. The standard InChI is InChI=1S/C14H30N2O5/c1-13(2,3)20-11(17)15-8-10(9-19-7)16-12(18)21-14(4,5)6/h10-11,15,17H,8-9H2,1-7H3,(H,16,18)/t10-,11?/m0/s1. The second kappa shape index (κ2) is 8.53. The van der Waals surface area contributed by atoms with Gasteiger partial charge in [0.25, 0.3) is 0 Å². The van der Waals surface area contributed by atoms with E-state index in [-0.39, 0.29) is 19.2 Å². The molecule has 0 spiro atoms. The van der Waals surface area contributed by atoms with Crippen LogP contribution in [-0.4, -0.2) is 55.1 Å². The van der Waals surface area contributed by atoms with Crippen molar-refractivity contribution in [3.63, 3.8) is 0 Å². The van der Waals surface area contributed by atoms with E-state index in [9.17, 15) is 9.90 Å². The van der Waals surface area contributed by atoms with Gasteiger partial charge in [-0.25, -0.2) is 4.79 Å². The van der Waals surface area contributed by atoms with E-state index in [2.05, 4.69) is 10.6 Å². The Hall–Kier alpha value is -0.890. The molecule has 0 saturated carbocycles. The van der Waals surface area contributed by atoms with E-state index >= 15 is 0 Å². The number of hydrogen-bond donors (Lipinski definition) is 3. The predicted molar refractivity (Wildman–Crippen MR) is 79.9 cm³/mol. The van der Waals surface area contributed by atoms with E-state index in [4.69, 9.17) is 14.2 Å². The summed E-state index contributed by atoms with van der Waals surface area (Å²) < 4.78 is 15.5. The fourth-order valence-electron chi connectivity index (χ4n) is 1.45. The minimum absolute atomic E-state index is 0.282. The van der Waals surface area contributed by atoms with Crippen molar-refractivity contribution >= 4 is 6.09 Å². The van der Waals surface area contributed by atoms with Gasteiger partial charge in [0, 0.05) is 13.7 Å². The molecule has 0 aromatic carbocycles. The normalized spacial score (nSPS) is 15.4. The number of ether oxygens (including phenoxy) is 3. The molecule has 21 heavy (non-hydrogen) atoms. The van der Waals surface area contributed by atoms with Gasteiger partial charge in [0.2, 0.25) is 6.41 Å². The Morgan fingerprint density at radius 2 is 1.71 bits per heavy atom. The lowest BCUT2D eigenvalue weighted by Crippen LogP contribution is -2.50. The van der Waals surface area contributed by atoms with Crippen LogP contribution in [0, 0.1) is 0 Å². The number of carbonyl (C=O) groups excluding carboxylic acids is 1. The number of amides is 1. The first-order valence-corrected chi connectivity index (χ1v) is 7.00. The summed E-state index contributed by atoms with van der Waals surface area (Å²) >= 11 is 0. The maximum Gasteiger partial charge on any atom is 0.407 e. The molecule has 0 aliphatic rings. The van der Waals surface area contributed by atoms with Gasteiger partial charge in [-0.15, -0.1) is 0 Å². The molecule has 0 fully saturated rings. The monoisotopic (exact) mass is 306 g/mol. The Morgan fingerprint density at radius 1 is 1.14 bits per heavy atom. The summed E-state index contributed by atoms with van der Waals surface area (Å²) in [6.45, 7) is 11.4. The molecule has 7 nitrogen and oxygen atoms in total. The summed E-state index contributed by atoms with van der Waals surface area (Å²) in [7, 11) is 1.53. The minimum atomic E-state index is -1.12. The van der Waals surface area contributed by atoms with Crippen LogP contribution in [0.4, 0.5) is 4.79 Å². The molecule has 0 aromatic heterocycles. The van der Waals surface area contributed by atoms with Gasteiger partial charge in [-0.05, 0) is 41.5 Å². The molecule has 1 amide bonds. The van der Waals surface area contributed by atoms with E-state index in [0.717, 1.165) is 0 Å². The number of hydrogen-bond acceptors (Lipinski definition) is 6. The number of alkyl carbamates (subject to hydrolysis) is 1. The smallest absolute Gasteiger partial charge is 0.407 e. The van der Waals surface area contributed by atoms with Crippen molar-refractivity contribution in [2.75, 3.05) is 20.3 Å². The van der Waals surface area contributed by atoms with Crippen LogP contribution in [0.15, 0.2) is 0 Å². The van der Waals surface area contributed by atoms with Crippen LogP contribution in [0.3, 0.4) is 0 Å². The Balaban J connectivity index is 4.27. The number of rotatable bonds is 7. The summed E-state index contributed by atoms with van der Waals surface area (Å²) in [6.07, 6.45) is -1.65. The van der Waals surface area contributed by atoms with Crippen molar-refractivity contribution in [2.24, 2.45) is 0 Å². The Morgan fingerprint density at radius 3 is 2.14 bits per heavy atom. The molecule has 1 unspecified atom stereocenters. The first-order valence-electron chi connectivity index (χ1n) is 7.00. The van der Waals surface area contributed by atoms with Crippen LogP contribution in [0.5, 0.6) is 0 Å². The summed E-state index contributed by atoms with van der Waals surface area (Å²) in [5.74, 6) is 0. The number of aliphatic hydroxyl groups is 1. The van der Waals surface area contributed by atoms with Gasteiger partial charge in [-0.3, -0.25) is 5.32 Å². The second-order valence-electron chi connectivity index (χ2n) is 6.79. The molecule has 0 saturated heterocycles. The number of aliphatic hydroxyl groups excluding tert-OH is 1. The molecule has 0 rings (SSSR count). The highest BCUT2D eigenvalue weighted by Gasteiger charge is 2.21. The maximum atomic E-state index is 11.7. The summed E-state index contributed by atoms with van der Waals surface area (Å²) in [4.78, 5) is 11.7. The van der Waals surface area contributed by atoms with E-state index in [0.29, 0.717) is 0 Å². The fourth-order valence-corrected chi connectivity index (χ4v) is 1.45. The summed E-state index contributed by atoms with van der Waals surface area (Å²) in [6, 6.07) is -0.344. The first kappa shape index (κ1) is 20.1. The third kappa shape index (κ3) is 12.6. The number of nitrogens with one attached hydrogen (secondary N) is 2. The zero-order chi connectivity index (χ0) is 16.7. The molecule has 0 radical (unpaired) electrons. The zero-order valence-electron chi connectivity index (χ0n) is 14.1. The van der Waals surface area contributed by atoms with Crippen LogP contribution in [-0.2, 0) is 14.2 Å². The Kier molecular flexibility index (Phi) is 8.17. The molecule has 0 aliphatic carbocycles. The van der Waals surface area contributed by atoms with Gasteiger partial charge in [-0.2, -0.15) is 0 Å². The van der Waals surface area contributed by atoms with Crippen molar-refractivity contribution < 1.29 is 24.1 Å². The molecular weight excluding hydrogens is 276 g/mol. The van der Waals surface area contributed by atoms with E-state index in [1.807, 2.05) is 20.8 Å². The molecule has 2 atom stereocenters. The van der Waals surface area contributed by atoms with Crippen molar-refractivity contribution in [1.29, 1.82) is 0 Å². The first-order chi connectivity index (χ1) is 9.43. The lowest BCUT2D eigenvalue weighted by molar-refractivity contribution is -0.182. The van der Waals surface area contributed by atoms with Crippen LogP contribution in [0.2, 0.25) is 0 Å². The zero-order valence-corrected chi connectivity index (χ0v) is 14.1. The van der Waals surface area contributed by atoms with Crippen LogP contribution >= 0.6 is 0 Å². The van der Waals surface area contributed by atoms with Gasteiger partial charge in [0.05, 0.1) is 18.2 Å². The van der Waals surface area contributed by atoms with E-state index < -0.39 is 23.7 Å². The van der Waals surface area contributed by atoms with Crippen molar-refractivity contribution in [2.45, 2.75) is 65.2 Å². The van der Waals surface area contributed by atoms with Gasteiger partial charge in [-0.1, -0.05) is 0 Å². The second-order valence-corrected chi connectivity index (χ2v) is 6.79. The molecular formula is C14H30N2O5. The lowest BCUT2D eigenvalue weighted by atomic mass is 10.2. The molecule has 126 valence electrons. The van der Waals surface area contributed by atoms with Crippen LogP contribution in [0.1, 0.15) is 41.5 Å². The molecule has 3 N–H and O–H groups in total. The van der Waals surface area contributed by atoms with Crippen molar-refractivity contribution in [3.05, 3.63) is 0 Å². The third-order valence-electron chi connectivity index (χ3n) is 2.09. The largest absolute Gasteiger partial charge is 0.444 e. The SMILES string of the molecule is COC[C@H](CNC(O)OC(C)(C)C)NC(=O)OC(C)(C)C. The quantitative estimate of drug-likeness (QED) is 0.613. The van der Waals surface area contributed by atoms with Gasteiger partial charge in [0.15, 0.2) is 0 Å². The third-order valence-corrected chi connectivity index (χ3v) is 2.09. The van der Waals surface area contributed by atoms with Gasteiger partial charge >= 0.3 is 6.09 Å². The van der Waals surface area contributed by atoms with Gasteiger partial charge < -0.3 is 24.6 Å². The summed E-state index contributed by atoms with van der Waals surface area (Å²) in [5.41, 5.74) is -1.04. The highest BCUT2D eigenvalue weighted by molar-refractivity contribution is 5.68. The molecule has 7 heteroatoms. The fraction of sp³-hybridized carbons (Fsp3) is 0.929. The Labute approximate surface area is 127 Å². The average molecular weight is 306 g/mol. The molecule has 0 aliphatic heterocycles. The maximum absolute atomic E-state index is 11.7. The van der Waals surface area contributed by atoms with Gasteiger partial charge in [0.1, 0.15) is 5.60 Å². The van der Waals surface area contributed by atoms with E-state index in [1.165, 1.54) is 7.11 Å². The predicted octanol–water partition coefficient (Wildman–Crippen LogP) is 1.21. The van der Waals surface area contributed by atoms with Crippen molar-refractivity contribution in [1.82, 2.24) is 10.6 Å². The van der Waals surface area contributed by atoms with E-state index in [1.54, 1.807) is 20.8 Å². The number of carbonyl (C=O) groups is 1. The van der Waals surface area contributed by atoms with Crippen LogP contribution in [0.25, 0.3) is 0 Å². The topological polar surface area (TPSA) is 89.0 Å². The minimum Gasteiger partial charge on any atom is -0.444 e. The highest BCUT2D eigenvalue weighted by atomic mass is 16.6. The molecule has 0 heterocycles. The van der Waals surface area contributed by atoms with Crippen LogP contribution < -0.4 is 10.6 Å². The highest BCUT2D eigenvalue weighted by Crippen LogP contribution is 2.08. The van der Waals surface area contributed by atoms with Crippen molar-refractivity contribution in [3.8, 4) is 0 Å². The number of methoxy groups -OCH3 is 1. The summed E-state index contributed by atoms with van der Waals surface area (Å²) in [5, 5.41) is 15.2. The average Bonchev–Trinajstić information content (AvgIpc) is 2.21. The molecule has 0 aromatic rings. The Bertz CT molecular complexity index is 309.